The molecule has 98 heavy (non-hydrogen) atoms. The largest absolute Gasteiger partial charge is 0.458 e. The number of rotatable bonds is 21. The molecule has 9 N–H and O–H groups in total. The van der Waals surface area contributed by atoms with Crippen molar-refractivity contribution in [3.05, 3.63) is 90.0 Å². The third-order valence-corrected chi connectivity index (χ3v) is 23.4. The molecule has 2 aromatic rings. The number of esters is 2. The molecular weight excluding hydrogens is 1280 g/mol. The molecule has 0 aromatic heterocycles. The zero-order valence-corrected chi connectivity index (χ0v) is 57.5. The number of carbonyl (C=O) groups is 2. The predicted molar refractivity (Wildman–Crippen MR) is 342 cm³/mol. The number of aliphatic hydroxyl groups is 9. The van der Waals surface area contributed by atoms with E-state index in [-0.39, 0.29) is 56.9 Å². The quantitative estimate of drug-likeness (QED) is 0.0493. The molecule has 0 radical (unpaired) electrons. The summed E-state index contributed by atoms with van der Waals surface area (Å²) in [5.41, 5.74) is -9.97. The SMILES string of the molecule is CO[C@H]1[C@@H](O)[C@H](O[C@@H]2[C@@H](C)O[C@@H](O[C@H]3[C@@H](OC)C[C@H](O[C@H]4[C@@H](OC)C[C@H](O[C@H]5CC[C@]6(C)[C@H]7C[C@@H](OC(=O)C=Cc8ccccc8)[C@@]8(C)[C@](O)(CC[C@@]8(O)[C@H](C)OC(=O)c8ccccc8)[C@]7(O)C=C[C@@]6(O)C5)O[C@@H]4C)O[C@@H]3C)C[C@H]2OC)O[C@H](C)[C@H]1O[C@@H]1O[C@H](CO)[C@@H](O)[C@H](O)[C@H]1O. The van der Waals surface area contributed by atoms with Gasteiger partial charge in [0, 0.05) is 71.5 Å². The number of hydrogen-bond donors (Lipinski definition) is 9. The van der Waals surface area contributed by atoms with Crippen molar-refractivity contribution in [3.8, 4) is 0 Å². The Morgan fingerprint density at radius 1 is 0.592 bits per heavy atom. The maximum Gasteiger partial charge on any atom is 0.338 e. The number of methoxy groups -OCH3 is 4. The average Bonchev–Trinajstić information content (AvgIpc) is 1.35. The Kier molecular flexibility index (Phi) is 23.0. The summed E-state index contributed by atoms with van der Waals surface area (Å²) >= 11 is 0. The molecule has 0 spiro atoms. The molecule has 0 unspecified atom stereocenters. The second-order valence-corrected chi connectivity index (χ2v) is 28.7. The molecule has 5 aliphatic heterocycles. The van der Waals surface area contributed by atoms with Crippen molar-refractivity contribution in [3.63, 3.8) is 0 Å². The number of fused-ring (bicyclic) bond motifs is 5. The lowest BCUT2D eigenvalue weighted by Crippen LogP contribution is -2.80. The van der Waals surface area contributed by atoms with E-state index in [1.807, 2.05) is 51.1 Å². The highest BCUT2D eigenvalue weighted by Crippen LogP contribution is 2.72. The number of aliphatic hydroxyl groups excluding tert-OH is 5. The summed E-state index contributed by atoms with van der Waals surface area (Å²) in [5, 5.41) is 106. The zero-order valence-electron chi connectivity index (χ0n) is 57.5. The fraction of sp³-hybridized carbons (Fsp3) is 0.746. The lowest BCUT2D eigenvalue weighted by atomic mass is 9.41. The van der Waals surface area contributed by atoms with E-state index >= 15 is 0 Å². The highest BCUT2D eigenvalue weighted by molar-refractivity contribution is 5.89. The highest BCUT2D eigenvalue weighted by atomic mass is 16.8. The van der Waals surface area contributed by atoms with E-state index in [1.54, 1.807) is 77.5 Å². The Morgan fingerprint density at radius 2 is 1.12 bits per heavy atom. The highest BCUT2D eigenvalue weighted by Gasteiger charge is 2.82. The third kappa shape index (κ3) is 13.7. The monoisotopic (exact) mass is 1390 g/mol. The molecule has 4 aliphatic carbocycles. The van der Waals surface area contributed by atoms with E-state index in [1.165, 1.54) is 33.3 Å². The molecule has 32 atom stereocenters. The Labute approximate surface area is 571 Å². The van der Waals surface area contributed by atoms with Crippen molar-refractivity contribution in [2.24, 2.45) is 16.7 Å². The van der Waals surface area contributed by atoms with Gasteiger partial charge in [0.2, 0.25) is 0 Å². The van der Waals surface area contributed by atoms with Crippen LogP contribution in [0.4, 0.5) is 0 Å². The van der Waals surface area contributed by atoms with Gasteiger partial charge >= 0.3 is 11.9 Å². The van der Waals surface area contributed by atoms with Crippen LogP contribution < -0.4 is 0 Å². The van der Waals surface area contributed by atoms with E-state index < -0.39 is 211 Å². The van der Waals surface area contributed by atoms with Crippen LogP contribution >= 0.6 is 0 Å². The maximum atomic E-state index is 14.0. The van der Waals surface area contributed by atoms with Gasteiger partial charge in [0.25, 0.3) is 0 Å². The standard InChI is InChI=1S/C71H102O27/c1-36-58(95-52-31-45(84-9)59(37(2)88-52)96-53-32-46(85-10)60(38(3)89-53)97-65-57(77)62(86-11)61(39(4)90-65)98-64-56(76)55(75)54(74)47(35-72)93-64)44(83-8)30-51(87-36)92-43-24-25-66(6)48-33-49(94-50(73)23-22-41-18-14-12-15-19-41)67(7)69(80,40(5)91-63(78)42-20-16-13-17-21-42)28-29-71(67,82)70(48,81)27-26-68(66,79)34-43/h12-23,26-27,36-40,43-49,51-62,64-65,72,74-77,79-82H,24-25,28-35H2,1-11H3/t36-,37-,38-,39-,40+,43+,44+,45+,46-,47-,48-,49-,51+,52+,53+,54-,55+,56-,57-,58-,59-,60-,61-,62+,64+,65+,66-,67-,68-,69-,70+,71-/m1/s1. The molecule has 0 amide bonds. The fourth-order valence-corrected chi connectivity index (χ4v) is 17.6. The molecular formula is C71H102O27. The smallest absolute Gasteiger partial charge is 0.338 e. The van der Waals surface area contributed by atoms with Crippen molar-refractivity contribution in [1.82, 2.24) is 0 Å². The lowest BCUT2D eigenvalue weighted by molar-refractivity contribution is -0.374. The van der Waals surface area contributed by atoms with E-state index in [4.69, 9.17) is 75.8 Å². The van der Waals surface area contributed by atoms with Crippen LogP contribution in [0.3, 0.4) is 0 Å². The lowest BCUT2D eigenvalue weighted by Gasteiger charge is -2.68. The average molecular weight is 1390 g/mol. The Morgan fingerprint density at radius 3 is 1.68 bits per heavy atom. The second-order valence-electron chi connectivity index (χ2n) is 28.7. The van der Waals surface area contributed by atoms with Crippen molar-refractivity contribution >= 4 is 18.0 Å². The topological polar surface area (TPSA) is 364 Å². The molecule has 8 fully saturated rings. The van der Waals surface area contributed by atoms with Crippen LogP contribution in [0.2, 0.25) is 0 Å². The number of ether oxygens (including phenoxy) is 16. The van der Waals surface area contributed by atoms with Crippen LogP contribution in [0.25, 0.3) is 6.08 Å². The van der Waals surface area contributed by atoms with Gasteiger partial charge in [-0.2, -0.15) is 0 Å². The second kappa shape index (κ2) is 30.0. The summed E-state index contributed by atoms with van der Waals surface area (Å²) in [6, 6.07) is 17.5. The molecule has 5 heterocycles. The molecule has 27 nitrogen and oxygen atoms in total. The molecule has 27 heteroatoms. The van der Waals surface area contributed by atoms with Crippen LogP contribution in [0.1, 0.15) is 122 Å². The van der Waals surface area contributed by atoms with Gasteiger partial charge in [0.05, 0.1) is 72.0 Å². The van der Waals surface area contributed by atoms with Crippen molar-refractivity contribution in [1.29, 1.82) is 0 Å². The first kappa shape index (κ1) is 75.1. The summed E-state index contributed by atoms with van der Waals surface area (Å²) in [7, 11) is 6.03. The van der Waals surface area contributed by atoms with Crippen molar-refractivity contribution in [2.75, 3.05) is 35.0 Å². The first-order valence-electron chi connectivity index (χ1n) is 34.3. The molecule has 2 aromatic carbocycles. The molecule has 3 saturated carbocycles. The van der Waals surface area contributed by atoms with Crippen molar-refractivity contribution < 1.29 is 131 Å². The van der Waals surface area contributed by atoms with E-state index in [9.17, 15) is 55.5 Å². The Hall–Kier alpha value is -4.06. The zero-order chi connectivity index (χ0) is 70.6. The first-order chi connectivity index (χ1) is 46.5. The van der Waals surface area contributed by atoms with Gasteiger partial charge in [-0.15, -0.1) is 0 Å². The first-order valence-corrected chi connectivity index (χ1v) is 34.3. The van der Waals surface area contributed by atoms with Gasteiger partial charge in [-0.25, -0.2) is 9.59 Å². The minimum atomic E-state index is -2.19. The number of carbonyl (C=O) groups excluding carboxylic acids is 2. The van der Waals surface area contributed by atoms with Gasteiger partial charge in [0.1, 0.15) is 90.1 Å². The van der Waals surface area contributed by atoms with Crippen LogP contribution in [0, 0.1) is 16.7 Å². The van der Waals surface area contributed by atoms with E-state index in [0.29, 0.717) is 6.42 Å². The minimum absolute atomic E-state index is 0.0712. The molecule has 11 rings (SSSR count). The molecule has 9 aliphatic rings. The van der Waals surface area contributed by atoms with Crippen LogP contribution in [-0.2, 0) is 80.6 Å². The van der Waals surface area contributed by atoms with Crippen LogP contribution in [-0.4, -0.2) is 269 Å². The molecule has 5 saturated heterocycles. The Bertz CT molecular complexity index is 3060. The summed E-state index contributed by atoms with van der Waals surface area (Å²) in [5.74, 6) is -2.40. The van der Waals surface area contributed by atoms with Crippen LogP contribution in [0.15, 0.2) is 78.9 Å². The summed E-state index contributed by atoms with van der Waals surface area (Å²) in [6.45, 7) is 11.5. The van der Waals surface area contributed by atoms with Gasteiger partial charge in [-0.1, -0.05) is 74.5 Å². The number of hydrogen-bond acceptors (Lipinski definition) is 27. The maximum absolute atomic E-state index is 14.0. The normalized spacial score (nSPS) is 47.5. The summed E-state index contributed by atoms with van der Waals surface area (Å²) in [6.07, 6.45) is -17.6. The minimum Gasteiger partial charge on any atom is -0.458 e. The van der Waals surface area contributed by atoms with E-state index in [0.717, 1.165) is 5.56 Å². The third-order valence-electron chi connectivity index (χ3n) is 23.4. The van der Waals surface area contributed by atoms with Crippen molar-refractivity contribution in [2.45, 2.75) is 282 Å². The summed E-state index contributed by atoms with van der Waals surface area (Å²) in [4.78, 5) is 27.6. The molecule has 548 valence electrons. The van der Waals surface area contributed by atoms with Gasteiger partial charge in [-0.3, -0.25) is 0 Å². The van der Waals surface area contributed by atoms with Crippen LogP contribution in [0.5, 0.6) is 0 Å². The number of benzene rings is 2. The summed E-state index contributed by atoms with van der Waals surface area (Å²) < 4.78 is 99.8. The van der Waals surface area contributed by atoms with E-state index in [2.05, 4.69) is 0 Å². The predicted octanol–water partition coefficient (Wildman–Crippen LogP) is 2.66. The van der Waals surface area contributed by atoms with Gasteiger partial charge < -0.3 is 122 Å². The Balaban J connectivity index is 0.706. The fourth-order valence-electron chi connectivity index (χ4n) is 17.6. The molecule has 0 bridgehead atoms. The van der Waals surface area contributed by atoms with Gasteiger partial charge in [0.15, 0.2) is 31.5 Å². The van der Waals surface area contributed by atoms with Gasteiger partial charge in [-0.05, 0) is 90.5 Å².